The van der Waals surface area contributed by atoms with Gasteiger partial charge >= 0.3 is 5.97 Å². The lowest BCUT2D eigenvalue weighted by Crippen LogP contribution is -2.26. The van der Waals surface area contributed by atoms with Crippen molar-refractivity contribution in [1.82, 2.24) is 5.32 Å². The topological polar surface area (TPSA) is 66.4 Å². The quantitative estimate of drug-likeness (QED) is 0.852. The number of fused-ring (bicyclic) bond motifs is 1. The van der Waals surface area contributed by atoms with Gasteiger partial charge in [0.2, 0.25) is 0 Å². The van der Waals surface area contributed by atoms with Crippen molar-refractivity contribution in [2.45, 2.75) is 18.9 Å². The van der Waals surface area contributed by atoms with Gasteiger partial charge in [-0.05, 0) is 24.0 Å². The number of ketones is 1. The highest BCUT2D eigenvalue weighted by molar-refractivity contribution is 6.10. The van der Waals surface area contributed by atoms with Gasteiger partial charge < -0.3 is 10.4 Å². The number of nitrogens with one attached hydrogen (secondary N) is 1. The van der Waals surface area contributed by atoms with Crippen molar-refractivity contribution in [3.05, 3.63) is 83.1 Å². The number of carboxylic acid groups (broad SMARTS) is 1. The van der Waals surface area contributed by atoms with E-state index in [1.807, 2.05) is 30.3 Å². The van der Waals surface area contributed by atoms with E-state index in [0.29, 0.717) is 23.1 Å². The summed E-state index contributed by atoms with van der Waals surface area (Å²) in [6.45, 7) is 0. The summed E-state index contributed by atoms with van der Waals surface area (Å²) < 4.78 is 0. The Labute approximate surface area is 134 Å². The molecule has 2 N–H and O–H groups in total. The predicted molar refractivity (Wildman–Crippen MR) is 87.1 cm³/mol. The van der Waals surface area contributed by atoms with Crippen LogP contribution in [0.2, 0.25) is 0 Å². The summed E-state index contributed by atoms with van der Waals surface area (Å²) in [5.41, 5.74) is 3.03. The molecule has 1 atom stereocenters. The van der Waals surface area contributed by atoms with E-state index in [0.717, 1.165) is 12.0 Å². The Bertz CT molecular complexity index is 765. The van der Waals surface area contributed by atoms with Gasteiger partial charge in [0, 0.05) is 17.3 Å². The van der Waals surface area contributed by atoms with Crippen LogP contribution >= 0.6 is 0 Å². The molecule has 1 aliphatic rings. The van der Waals surface area contributed by atoms with Crippen LogP contribution in [0.15, 0.2) is 66.4 Å². The largest absolute Gasteiger partial charge is 0.479 e. The second-order valence-corrected chi connectivity index (χ2v) is 5.50. The smallest absolute Gasteiger partial charge is 0.330 e. The first-order valence-corrected chi connectivity index (χ1v) is 7.52. The Morgan fingerprint density at radius 3 is 2.48 bits per heavy atom. The number of aliphatic carboxylic acids is 1. The molecule has 2 aromatic rings. The molecule has 0 spiro atoms. The van der Waals surface area contributed by atoms with Crippen molar-refractivity contribution in [3.63, 3.8) is 0 Å². The molecule has 1 aliphatic carbocycles. The van der Waals surface area contributed by atoms with Crippen LogP contribution in [0, 0.1) is 0 Å². The fourth-order valence-corrected chi connectivity index (χ4v) is 2.79. The highest BCUT2D eigenvalue weighted by atomic mass is 16.4. The molecule has 0 saturated carbocycles. The number of benzene rings is 2. The Kier molecular flexibility index (Phi) is 4.24. The standard InChI is InChI=1S/C19H17NO3/c21-18-15(11-10-13-6-4-5-9-16(13)18)12-20-17(19(22)23)14-7-2-1-3-8-14/h1-9,12,17,20H,10-11H2,(H,22,23)/b15-12-/t17-/m1/s1. The second-order valence-electron chi connectivity index (χ2n) is 5.50. The number of aryl methyl sites for hydroxylation is 1. The molecule has 0 fully saturated rings. The van der Waals surface area contributed by atoms with E-state index >= 15 is 0 Å². The van der Waals surface area contributed by atoms with E-state index in [-0.39, 0.29) is 5.78 Å². The number of carbonyl (C=O) groups is 2. The Balaban J connectivity index is 1.82. The third-order valence-electron chi connectivity index (χ3n) is 4.02. The molecule has 0 aliphatic heterocycles. The lowest BCUT2D eigenvalue weighted by atomic mass is 9.87. The molecule has 3 rings (SSSR count). The Morgan fingerprint density at radius 1 is 1.04 bits per heavy atom. The average molecular weight is 307 g/mol. The molecule has 4 heteroatoms. The van der Waals surface area contributed by atoms with Gasteiger partial charge in [-0.15, -0.1) is 0 Å². The molecule has 4 nitrogen and oxygen atoms in total. The lowest BCUT2D eigenvalue weighted by Gasteiger charge is -2.19. The van der Waals surface area contributed by atoms with Crippen molar-refractivity contribution < 1.29 is 14.7 Å². The molecule has 0 amide bonds. The molecule has 0 saturated heterocycles. The highest BCUT2D eigenvalue weighted by Crippen LogP contribution is 2.25. The van der Waals surface area contributed by atoms with Gasteiger partial charge in [-0.2, -0.15) is 0 Å². The van der Waals surface area contributed by atoms with Gasteiger partial charge in [0.05, 0.1) is 0 Å². The lowest BCUT2D eigenvalue weighted by molar-refractivity contribution is -0.139. The van der Waals surface area contributed by atoms with Crippen LogP contribution < -0.4 is 5.32 Å². The maximum atomic E-state index is 12.5. The van der Waals surface area contributed by atoms with E-state index in [2.05, 4.69) is 5.32 Å². The first kappa shape index (κ1) is 15.0. The number of carbonyl (C=O) groups excluding carboxylic acids is 1. The molecule has 0 heterocycles. The molecule has 0 bridgehead atoms. The van der Waals surface area contributed by atoms with E-state index < -0.39 is 12.0 Å². The SMILES string of the molecule is O=C1/C(=C\N[C@@H](C(=O)O)c2ccccc2)CCc2ccccc21. The fourth-order valence-electron chi connectivity index (χ4n) is 2.79. The number of hydrogen-bond acceptors (Lipinski definition) is 3. The number of allylic oxidation sites excluding steroid dienone is 1. The monoisotopic (exact) mass is 307 g/mol. The summed E-state index contributed by atoms with van der Waals surface area (Å²) in [6, 6.07) is 15.6. The summed E-state index contributed by atoms with van der Waals surface area (Å²) in [4.78, 5) is 24.0. The Hall–Kier alpha value is -2.88. The molecular formula is C19H17NO3. The summed E-state index contributed by atoms with van der Waals surface area (Å²) in [5, 5.41) is 12.3. The molecule has 2 aromatic carbocycles. The first-order chi connectivity index (χ1) is 11.2. The summed E-state index contributed by atoms with van der Waals surface area (Å²) in [6.07, 6.45) is 2.96. The van der Waals surface area contributed by atoms with Crippen LogP contribution in [0.5, 0.6) is 0 Å². The van der Waals surface area contributed by atoms with Crippen molar-refractivity contribution in [3.8, 4) is 0 Å². The minimum atomic E-state index is -0.975. The first-order valence-electron chi connectivity index (χ1n) is 7.52. The number of rotatable bonds is 4. The van der Waals surface area contributed by atoms with Crippen LogP contribution in [0.25, 0.3) is 0 Å². The second kappa shape index (κ2) is 6.48. The number of hydrogen-bond donors (Lipinski definition) is 2. The number of carboxylic acids is 1. The van der Waals surface area contributed by atoms with E-state index in [1.165, 1.54) is 0 Å². The van der Waals surface area contributed by atoms with Crippen molar-refractivity contribution >= 4 is 11.8 Å². The maximum absolute atomic E-state index is 12.5. The van der Waals surface area contributed by atoms with Crippen LogP contribution in [0.4, 0.5) is 0 Å². The maximum Gasteiger partial charge on any atom is 0.330 e. The summed E-state index contributed by atoms with van der Waals surface area (Å²) in [5.74, 6) is -1.01. The predicted octanol–water partition coefficient (Wildman–Crippen LogP) is 3.11. The molecule has 116 valence electrons. The third-order valence-corrected chi connectivity index (χ3v) is 4.02. The van der Waals surface area contributed by atoms with E-state index in [1.54, 1.807) is 30.5 Å². The minimum absolute atomic E-state index is 0.0310. The van der Waals surface area contributed by atoms with Crippen molar-refractivity contribution in [2.24, 2.45) is 0 Å². The van der Waals surface area contributed by atoms with Gasteiger partial charge in [0.25, 0.3) is 0 Å². The van der Waals surface area contributed by atoms with Crippen molar-refractivity contribution in [2.75, 3.05) is 0 Å². The Morgan fingerprint density at radius 2 is 1.74 bits per heavy atom. The fraction of sp³-hybridized carbons (Fsp3) is 0.158. The van der Waals surface area contributed by atoms with Crippen LogP contribution in [-0.2, 0) is 11.2 Å². The average Bonchev–Trinajstić information content (AvgIpc) is 2.58. The van der Waals surface area contributed by atoms with Crippen LogP contribution in [-0.4, -0.2) is 16.9 Å². The third kappa shape index (κ3) is 3.16. The molecule has 0 unspecified atom stereocenters. The zero-order valence-electron chi connectivity index (χ0n) is 12.5. The summed E-state index contributed by atoms with van der Waals surface area (Å²) >= 11 is 0. The van der Waals surface area contributed by atoms with Gasteiger partial charge in [-0.1, -0.05) is 54.6 Å². The number of Topliss-reactive ketones (excluding diaryl/α,β-unsaturated/α-hetero) is 1. The van der Waals surface area contributed by atoms with Gasteiger partial charge in [0.1, 0.15) is 6.04 Å². The zero-order valence-corrected chi connectivity index (χ0v) is 12.5. The van der Waals surface area contributed by atoms with Crippen LogP contribution in [0.3, 0.4) is 0 Å². The van der Waals surface area contributed by atoms with Gasteiger partial charge in [0.15, 0.2) is 5.78 Å². The molecule has 23 heavy (non-hydrogen) atoms. The van der Waals surface area contributed by atoms with Gasteiger partial charge in [-0.3, -0.25) is 4.79 Å². The van der Waals surface area contributed by atoms with Gasteiger partial charge in [-0.25, -0.2) is 4.79 Å². The molecular weight excluding hydrogens is 290 g/mol. The summed E-state index contributed by atoms with van der Waals surface area (Å²) in [7, 11) is 0. The normalized spacial score (nSPS) is 16.7. The molecule has 0 radical (unpaired) electrons. The van der Waals surface area contributed by atoms with Crippen LogP contribution in [0.1, 0.15) is 33.9 Å². The zero-order chi connectivity index (χ0) is 16.2. The molecule has 0 aromatic heterocycles. The van der Waals surface area contributed by atoms with Crippen molar-refractivity contribution in [1.29, 1.82) is 0 Å². The minimum Gasteiger partial charge on any atom is -0.479 e. The highest BCUT2D eigenvalue weighted by Gasteiger charge is 2.23. The van der Waals surface area contributed by atoms with E-state index in [9.17, 15) is 14.7 Å². The van der Waals surface area contributed by atoms with E-state index in [4.69, 9.17) is 0 Å².